The molecule has 6 unspecified atom stereocenters. The molecule has 4 heteroatoms. The summed E-state index contributed by atoms with van der Waals surface area (Å²) >= 11 is -5.77. The van der Waals surface area contributed by atoms with Crippen LogP contribution < -0.4 is 13.6 Å². The fourth-order valence-corrected chi connectivity index (χ4v) is 39.7. The summed E-state index contributed by atoms with van der Waals surface area (Å²) in [6.07, 6.45) is 9.38. The second kappa shape index (κ2) is 17.1. The van der Waals surface area contributed by atoms with E-state index in [0.717, 1.165) is 25.7 Å². The normalized spacial score (nSPS) is 19.4. The standard InChI is InChI=1S/2C23H27.C12H9Si.2ClH.Zr/c2*1-5-16(3)20-14-19-12-13-21(17(4)6-2)23(22(19)15-20)18-10-8-7-9-11-18;1-3-7-11-9(5-1)10-6-2-4-8-12(10)13-11;;;/h2*7-17H,5-6H2,1-4H3;1-7H,13H2;2*1H;/q;;;;;+2/p-2. The first kappa shape index (κ1) is 43.7. The van der Waals surface area contributed by atoms with Gasteiger partial charge in [-0.15, -0.1) is 0 Å². The van der Waals surface area contributed by atoms with E-state index in [4.69, 9.17) is 0 Å². The van der Waals surface area contributed by atoms with Crippen LogP contribution in [0.3, 0.4) is 0 Å². The van der Waals surface area contributed by atoms with Crippen LogP contribution in [0.1, 0.15) is 134 Å². The van der Waals surface area contributed by atoms with E-state index in [1.807, 2.05) is 0 Å². The molecule has 0 N–H and O–H groups in total. The van der Waals surface area contributed by atoms with Crippen LogP contribution in [0, 0.1) is 11.8 Å². The number of halogens is 2. The average Bonchev–Trinajstić information content (AvgIpc) is 4.03. The van der Waals surface area contributed by atoms with Gasteiger partial charge in [0.05, 0.1) is 0 Å². The zero-order valence-electron chi connectivity index (χ0n) is 38.0. The predicted molar refractivity (Wildman–Crippen MR) is 273 cm³/mol. The van der Waals surface area contributed by atoms with Gasteiger partial charge in [0.15, 0.2) is 0 Å². The van der Waals surface area contributed by atoms with Crippen LogP contribution >= 0.6 is 17.0 Å². The zero-order chi connectivity index (χ0) is 43.5. The first-order valence-electron chi connectivity index (χ1n) is 23.6. The number of allylic oxidation sites excluding steroid dienone is 2. The molecule has 0 saturated heterocycles. The predicted octanol–water partition coefficient (Wildman–Crippen LogP) is 15.1. The van der Waals surface area contributed by atoms with Crippen molar-refractivity contribution in [2.45, 2.75) is 100 Å². The Morgan fingerprint density at radius 2 is 0.919 bits per heavy atom. The molecular weight excluding hydrogens is 887 g/mol. The molecule has 1 heterocycles. The quantitative estimate of drug-likeness (QED) is 0.101. The van der Waals surface area contributed by atoms with Crippen LogP contribution in [-0.4, -0.2) is 9.52 Å². The molecule has 2 aliphatic carbocycles. The van der Waals surface area contributed by atoms with Crippen molar-refractivity contribution in [1.82, 2.24) is 0 Å². The molecule has 0 saturated carbocycles. The molecule has 0 bridgehead atoms. The van der Waals surface area contributed by atoms with Crippen LogP contribution in [0.25, 0.3) is 45.5 Å². The second-order valence-electron chi connectivity index (χ2n) is 19.0. The Bertz CT molecular complexity index is 2590. The Hall–Kier alpha value is -3.52. The topological polar surface area (TPSA) is 0 Å². The molecule has 317 valence electrons. The van der Waals surface area contributed by atoms with Crippen molar-refractivity contribution in [3.63, 3.8) is 0 Å². The van der Waals surface area contributed by atoms with Crippen LogP contribution in [0.5, 0.6) is 0 Å². The average molecular weight is 950 g/mol. The Labute approximate surface area is 383 Å². The summed E-state index contributed by atoms with van der Waals surface area (Å²) in [6, 6.07) is 48.4. The fourth-order valence-electron chi connectivity index (χ4n) is 11.7. The van der Waals surface area contributed by atoms with Crippen molar-refractivity contribution in [3.05, 3.63) is 172 Å². The molecular formula is C58H63Cl2SiZr. The molecule has 9 rings (SSSR count). The van der Waals surface area contributed by atoms with Gasteiger partial charge in [-0.1, -0.05) is 0 Å². The van der Waals surface area contributed by atoms with Crippen molar-refractivity contribution < 1.29 is 16.4 Å². The molecule has 0 radical (unpaired) electrons. The minimum absolute atomic E-state index is 0.111. The summed E-state index contributed by atoms with van der Waals surface area (Å²) in [5, 5.41) is 2.99. The fraction of sp³-hybridized carbons (Fsp3) is 0.310. The monoisotopic (exact) mass is 947 g/mol. The summed E-state index contributed by atoms with van der Waals surface area (Å²) in [5.74, 6) is 1.40. The van der Waals surface area contributed by atoms with E-state index >= 15 is 0 Å². The van der Waals surface area contributed by atoms with Crippen molar-refractivity contribution in [2.75, 3.05) is 0 Å². The van der Waals surface area contributed by atoms with Gasteiger partial charge >= 0.3 is 386 Å². The van der Waals surface area contributed by atoms with Gasteiger partial charge in [0.25, 0.3) is 0 Å². The molecule has 0 fully saturated rings. The molecule has 3 aliphatic rings. The van der Waals surface area contributed by atoms with Gasteiger partial charge in [-0.2, -0.15) is 0 Å². The maximum atomic E-state index is 9.58. The molecule has 62 heavy (non-hydrogen) atoms. The number of benzene rings is 6. The SMILES string of the molecule is CCC(C)C1=Cc2c(ccc(C(C)CC)c2-c2ccccc2)[CH]1[Zr]([Cl])([Cl])([c]1cccc2c1[SiH2]c1ccccc1-2)[CH]1C(C(C)CC)=Cc2c1ccc(C(C)CC)c2-c1ccccc1. The molecule has 0 nitrogen and oxygen atoms in total. The number of fused-ring (bicyclic) bond motifs is 5. The first-order chi connectivity index (χ1) is 30.0. The second-order valence-corrected chi connectivity index (χ2v) is 41.4. The van der Waals surface area contributed by atoms with Gasteiger partial charge in [0.2, 0.25) is 0 Å². The van der Waals surface area contributed by atoms with Gasteiger partial charge in [-0.25, -0.2) is 0 Å². The van der Waals surface area contributed by atoms with E-state index in [9.17, 15) is 17.0 Å². The third-order valence-corrected chi connectivity index (χ3v) is 38.3. The van der Waals surface area contributed by atoms with Crippen LogP contribution in [-0.2, 0) is 16.4 Å². The van der Waals surface area contributed by atoms with Gasteiger partial charge in [0.1, 0.15) is 0 Å². The van der Waals surface area contributed by atoms with Gasteiger partial charge in [0, 0.05) is 0 Å². The van der Waals surface area contributed by atoms with Crippen molar-refractivity contribution in [3.8, 4) is 33.4 Å². The molecule has 6 aromatic rings. The molecule has 0 amide bonds. The summed E-state index contributed by atoms with van der Waals surface area (Å²) in [6.45, 7) is 19.0. The Morgan fingerprint density at radius 1 is 0.484 bits per heavy atom. The number of hydrogen-bond acceptors (Lipinski definition) is 0. The Balaban J connectivity index is 1.43. The van der Waals surface area contributed by atoms with Crippen molar-refractivity contribution in [1.29, 1.82) is 0 Å². The summed E-state index contributed by atoms with van der Waals surface area (Å²) < 4.78 is 1.09. The molecule has 6 aromatic carbocycles. The van der Waals surface area contributed by atoms with Gasteiger partial charge in [-0.05, 0) is 0 Å². The van der Waals surface area contributed by atoms with Gasteiger partial charge in [-0.3, -0.25) is 0 Å². The van der Waals surface area contributed by atoms with Crippen molar-refractivity contribution >= 4 is 52.3 Å². The number of hydrogen-bond donors (Lipinski definition) is 0. The van der Waals surface area contributed by atoms with E-state index in [1.54, 1.807) is 0 Å². The van der Waals surface area contributed by atoms with E-state index in [0.29, 0.717) is 23.7 Å². The van der Waals surface area contributed by atoms with E-state index in [2.05, 4.69) is 195 Å². The maximum absolute atomic E-state index is 9.58. The van der Waals surface area contributed by atoms with E-state index < -0.39 is 25.9 Å². The molecule has 1 aliphatic heterocycles. The Kier molecular flexibility index (Phi) is 12.1. The van der Waals surface area contributed by atoms with Crippen LogP contribution in [0.4, 0.5) is 0 Å². The summed E-state index contributed by atoms with van der Waals surface area (Å²) in [7, 11) is 18.3. The third-order valence-electron chi connectivity index (χ3n) is 15.7. The van der Waals surface area contributed by atoms with E-state index in [-0.39, 0.29) is 7.25 Å². The zero-order valence-corrected chi connectivity index (χ0v) is 43.4. The van der Waals surface area contributed by atoms with Crippen molar-refractivity contribution in [2.24, 2.45) is 11.8 Å². The summed E-state index contributed by atoms with van der Waals surface area (Å²) in [4.78, 5) is 0. The minimum atomic E-state index is -5.77. The molecule has 6 atom stereocenters. The Morgan fingerprint density at radius 3 is 1.39 bits per heavy atom. The van der Waals surface area contributed by atoms with Gasteiger partial charge < -0.3 is 0 Å². The van der Waals surface area contributed by atoms with E-state index in [1.165, 1.54) is 91.6 Å². The third kappa shape index (κ3) is 6.84. The van der Waals surface area contributed by atoms with Crippen LogP contribution in [0.2, 0.25) is 0 Å². The molecule has 0 aromatic heterocycles. The number of rotatable bonds is 13. The molecule has 0 spiro atoms. The van der Waals surface area contributed by atoms with Crippen LogP contribution in [0.15, 0.2) is 139 Å². The summed E-state index contributed by atoms with van der Waals surface area (Å²) in [5.41, 5.74) is 19.1. The first-order valence-corrected chi connectivity index (χ1v) is 35.4.